The van der Waals surface area contributed by atoms with Crippen LogP contribution >= 0.6 is 0 Å². The summed E-state index contributed by atoms with van der Waals surface area (Å²) in [4.78, 5) is 25.3. The number of aryl methyl sites for hydroxylation is 2. The second-order valence-electron chi connectivity index (χ2n) is 10.0. The zero-order valence-electron chi connectivity index (χ0n) is 22.3. The highest BCUT2D eigenvalue weighted by Crippen LogP contribution is 2.36. The molecule has 2 fully saturated rings. The first-order valence-electron chi connectivity index (χ1n) is 12.9. The molecule has 1 saturated heterocycles. The van der Waals surface area contributed by atoms with E-state index in [0.717, 1.165) is 12.8 Å². The number of hydrogen-bond donors (Lipinski definition) is 0. The van der Waals surface area contributed by atoms with Gasteiger partial charge in [-0.2, -0.15) is 4.31 Å². The Morgan fingerprint density at radius 1 is 1.18 bits per heavy atom. The zero-order valence-corrected chi connectivity index (χ0v) is 23.1. The van der Waals surface area contributed by atoms with Crippen LogP contribution in [0.1, 0.15) is 45.9 Å². The number of nitrogens with zero attached hydrogens (tertiary/aromatic N) is 5. The summed E-state index contributed by atoms with van der Waals surface area (Å²) in [6.07, 6.45) is 5.57. The number of halogens is 1. The van der Waals surface area contributed by atoms with E-state index in [1.807, 2.05) is 0 Å². The van der Waals surface area contributed by atoms with Crippen molar-refractivity contribution < 1.29 is 26.8 Å². The highest BCUT2D eigenvalue weighted by atomic mass is 32.2. The third-order valence-corrected chi connectivity index (χ3v) is 9.37. The lowest BCUT2D eigenvalue weighted by Crippen LogP contribution is -2.48. The van der Waals surface area contributed by atoms with Gasteiger partial charge in [0.15, 0.2) is 5.69 Å². The second-order valence-corrected chi connectivity index (χ2v) is 11.9. The van der Waals surface area contributed by atoms with Crippen LogP contribution in [-0.2, 0) is 23.1 Å². The summed E-state index contributed by atoms with van der Waals surface area (Å²) in [5.41, 5.74) is 1.92. The summed E-state index contributed by atoms with van der Waals surface area (Å²) in [5.74, 6) is 0.153. The molecule has 12 heteroatoms. The van der Waals surface area contributed by atoms with Gasteiger partial charge in [-0.25, -0.2) is 17.8 Å². The number of sulfonamides is 1. The third-order valence-electron chi connectivity index (χ3n) is 7.16. The maximum Gasteiger partial charge on any atom is 0.275 e. The lowest BCUT2D eigenvalue weighted by molar-refractivity contribution is 0.0621. The number of piperazine rings is 1. The van der Waals surface area contributed by atoms with Gasteiger partial charge in [0.1, 0.15) is 17.8 Å². The molecule has 0 atom stereocenters. The van der Waals surface area contributed by atoms with Gasteiger partial charge in [-0.1, -0.05) is 0 Å². The number of benzene rings is 1. The quantitative estimate of drug-likeness (QED) is 0.395. The molecule has 3 aromatic rings. The molecule has 1 amide bonds. The summed E-state index contributed by atoms with van der Waals surface area (Å²) in [6.45, 7) is 6.00. The topological polar surface area (TPSA) is 109 Å². The van der Waals surface area contributed by atoms with Crippen LogP contribution in [0.5, 0.6) is 5.75 Å². The van der Waals surface area contributed by atoms with Crippen molar-refractivity contribution in [3.8, 4) is 5.75 Å². The molecule has 39 heavy (non-hydrogen) atoms. The van der Waals surface area contributed by atoms with Gasteiger partial charge >= 0.3 is 0 Å². The highest BCUT2D eigenvalue weighted by molar-refractivity contribution is 7.89. The molecule has 208 valence electrons. The molecule has 0 unspecified atom stereocenters. The maximum atomic E-state index is 13.9. The minimum absolute atomic E-state index is 0.0591. The van der Waals surface area contributed by atoms with Crippen molar-refractivity contribution in [2.24, 2.45) is 0 Å². The van der Waals surface area contributed by atoms with Crippen LogP contribution in [0, 0.1) is 19.7 Å². The predicted octanol–water partition coefficient (Wildman–Crippen LogP) is 3.15. The van der Waals surface area contributed by atoms with Crippen molar-refractivity contribution in [1.82, 2.24) is 24.1 Å². The number of carbonyl (C=O) groups is 1. The molecular formula is C27H32FN5O5S. The standard InChI is InChI=1S/C27H32FN5O5S/c1-18-12-22(37-3)13-19(2)26(18)39(35,36)33(21-4-5-21)16-25-30-24(17-38-25)27(34)32-10-8-31(9-11-32)15-20-6-7-29-14-23(20)28/h6-7,12-14,17,21H,4-5,8-11,15-16H2,1-3H3. The van der Waals surface area contributed by atoms with E-state index in [4.69, 9.17) is 9.15 Å². The molecule has 1 aromatic carbocycles. The summed E-state index contributed by atoms with van der Waals surface area (Å²) in [5, 5.41) is 0. The Morgan fingerprint density at radius 3 is 2.49 bits per heavy atom. The van der Waals surface area contributed by atoms with Crippen LogP contribution in [0.25, 0.3) is 0 Å². The molecule has 3 heterocycles. The summed E-state index contributed by atoms with van der Waals surface area (Å²) in [6, 6.07) is 4.94. The Bertz CT molecular complexity index is 1440. The van der Waals surface area contributed by atoms with Crippen LogP contribution in [0.3, 0.4) is 0 Å². The van der Waals surface area contributed by atoms with E-state index in [-0.39, 0.29) is 40.8 Å². The predicted molar refractivity (Wildman–Crippen MR) is 140 cm³/mol. The fourth-order valence-corrected chi connectivity index (χ4v) is 7.03. The van der Waals surface area contributed by atoms with E-state index in [1.54, 1.807) is 50.3 Å². The number of pyridine rings is 1. The van der Waals surface area contributed by atoms with Crippen LogP contribution in [0.2, 0.25) is 0 Å². The Morgan fingerprint density at radius 2 is 1.87 bits per heavy atom. The largest absolute Gasteiger partial charge is 0.497 e. The first-order valence-corrected chi connectivity index (χ1v) is 14.3. The van der Waals surface area contributed by atoms with Crippen LogP contribution in [0.4, 0.5) is 4.39 Å². The molecule has 1 aliphatic heterocycles. The maximum absolute atomic E-state index is 13.9. The number of hydrogen-bond acceptors (Lipinski definition) is 8. The monoisotopic (exact) mass is 557 g/mol. The number of amides is 1. The number of oxazole rings is 1. The summed E-state index contributed by atoms with van der Waals surface area (Å²) in [7, 11) is -2.30. The van der Waals surface area contributed by atoms with E-state index in [2.05, 4.69) is 14.9 Å². The minimum atomic E-state index is -3.84. The molecule has 2 aliphatic rings. The van der Waals surface area contributed by atoms with E-state index >= 15 is 0 Å². The summed E-state index contributed by atoms with van der Waals surface area (Å²) >= 11 is 0. The van der Waals surface area contributed by atoms with Crippen molar-refractivity contribution in [2.75, 3.05) is 33.3 Å². The van der Waals surface area contributed by atoms with Crippen molar-refractivity contribution in [3.05, 3.63) is 70.9 Å². The van der Waals surface area contributed by atoms with Crippen LogP contribution in [-0.4, -0.2) is 77.7 Å². The van der Waals surface area contributed by atoms with Gasteiger partial charge in [0, 0.05) is 50.5 Å². The van der Waals surface area contributed by atoms with Gasteiger partial charge in [-0.15, -0.1) is 0 Å². The minimum Gasteiger partial charge on any atom is -0.497 e. The number of carbonyl (C=O) groups excluding carboxylic acids is 1. The third kappa shape index (κ3) is 5.82. The Labute approximate surface area is 227 Å². The highest BCUT2D eigenvalue weighted by Gasteiger charge is 2.40. The number of methoxy groups -OCH3 is 1. The Kier molecular flexibility index (Phi) is 7.70. The summed E-state index contributed by atoms with van der Waals surface area (Å²) < 4.78 is 53.7. The lowest BCUT2D eigenvalue weighted by atomic mass is 10.1. The van der Waals surface area contributed by atoms with Gasteiger partial charge in [0.2, 0.25) is 15.9 Å². The van der Waals surface area contributed by atoms with E-state index in [1.165, 1.54) is 16.8 Å². The van der Waals surface area contributed by atoms with Crippen molar-refractivity contribution in [1.29, 1.82) is 0 Å². The smallest absolute Gasteiger partial charge is 0.275 e. The molecule has 1 aliphatic carbocycles. The lowest BCUT2D eigenvalue weighted by Gasteiger charge is -2.34. The van der Waals surface area contributed by atoms with Gasteiger partial charge in [-0.05, 0) is 56.0 Å². The van der Waals surface area contributed by atoms with Crippen molar-refractivity contribution >= 4 is 15.9 Å². The van der Waals surface area contributed by atoms with E-state index in [0.29, 0.717) is 55.2 Å². The molecule has 0 radical (unpaired) electrons. The molecular weight excluding hydrogens is 525 g/mol. The zero-order chi connectivity index (χ0) is 27.7. The molecule has 1 saturated carbocycles. The van der Waals surface area contributed by atoms with Crippen molar-refractivity contribution in [2.45, 2.75) is 50.7 Å². The SMILES string of the molecule is COc1cc(C)c(S(=O)(=O)N(Cc2nc(C(=O)N3CCN(Cc4ccncc4F)CC3)co2)C2CC2)c(C)c1. The Balaban J connectivity index is 1.25. The van der Waals surface area contributed by atoms with Crippen LogP contribution in [0.15, 0.2) is 46.2 Å². The molecule has 0 bridgehead atoms. The van der Waals surface area contributed by atoms with Gasteiger partial charge in [0.05, 0.1) is 24.7 Å². The molecule has 0 spiro atoms. The normalized spacial score (nSPS) is 16.6. The van der Waals surface area contributed by atoms with Crippen LogP contribution < -0.4 is 4.74 Å². The van der Waals surface area contributed by atoms with Gasteiger partial charge in [0.25, 0.3) is 5.91 Å². The Hall–Kier alpha value is -3.35. The average molecular weight is 558 g/mol. The van der Waals surface area contributed by atoms with Gasteiger partial charge in [-0.3, -0.25) is 14.7 Å². The van der Waals surface area contributed by atoms with Gasteiger partial charge < -0.3 is 14.1 Å². The fourth-order valence-electron chi connectivity index (χ4n) is 4.98. The first-order chi connectivity index (χ1) is 18.7. The number of aromatic nitrogens is 2. The number of rotatable bonds is 9. The fraction of sp³-hybridized carbons (Fsp3) is 0.444. The number of ether oxygens (including phenoxy) is 1. The second kappa shape index (κ2) is 11.0. The first kappa shape index (κ1) is 27.2. The average Bonchev–Trinajstić information content (AvgIpc) is 3.64. The molecule has 10 nitrogen and oxygen atoms in total. The molecule has 0 N–H and O–H groups in total. The van der Waals surface area contributed by atoms with E-state index in [9.17, 15) is 17.6 Å². The van der Waals surface area contributed by atoms with Crippen molar-refractivity contribution in [3.63, 3.8) is 0 Å². The van der Waals surface area contributed by atoms with E-state index < -0.39 is 10.0 Å². The molecule has 5 rings (SSSR count). The molecule has 2 aromatic heterocycles.